The van der Waals surface area contributed by atoms with Crippen molar-refractivity contribution >= 4 is 40.6 Å². The molecule has 0 unspecified atom stereocenters. The predicted octanol–water partition coefficient (Wildman–Crippen LogP) is 2.65. The highest BCUT2D eigenvalue weighted by Crippen LogP contribution is 2.17. The Morgan fingerprint density at radius 2 is 1.76 bits per heavy atom. The molecule has 0 aliphatic carbocycles. The number of thiophene rings is 1. The first-order valence-corrected chi connectivity index (χ1v) is 8.67. The molecule has 4 amide bonds. The van der Waals surface area contributed by atoms with E-state index in [9.17, 15) is 14.4 Å². The largest absolute Gasteiger partial charge is 0.374 e. The summed E-state index contributed by atoms with van der Waals surface area (Å²) in [4.78, 5) is 35.8. The Labute approximate surface area is 149 Å². The third-order valence-corrected chi connectivity index (χ3v) is 4.11. The molecule has 4 N–H and O–H groups in total. The number of urea groups is 1. The van der Waals surface area contributed by atoms with Gasteiger partial charge in [-0.1, -0.05) is 6.07 Å². The summed E-state index contributed by atoms with van der Waals surface area (Å²) in [5.41, 5.74) is 1.36. The lowest BCUT2D eigenvalue weighted by atomic mass is 10.2. The molecule has 1 aromatic carbocycles. The number of amides is 4. The molecule has 0 saturated heterocycles. The molecular weight excluding hydrogens is 340 g/mol. The van der Waals surface area contributed by atoms with Gasteiger partial charge in [-0.3, -0.25) is 14.9 Å². The van der Waals surface area contributed by atoms with E-state index in [1.165, 1.54) is 11.3 Å². The number of imide groups is 1. The van der Waals surface area contributed by atoms with Crippen LogP contribution >= 0.6 is 11.3 Å². The summed E-state index contributed by atoms with van der Waals surface area (Å²) < 4.78 is 0. The number of carbonyl (C=O) groups is 3. The van der Waals surface area contributed by atoms with E-state index in [1.807, 2.05) is 11.4 Å². The lowest BCUT2D eigenvalue weighted by Crippen LogP contribution is -2.45. The molecule has 0 fully saturated rings. The van der Waals surface area contributed by atoms with Gasteiger partial charge in [0.1, 0.15) is 6.04 Å². The fourth-order valence-corrected chi connectivity index (χ4v) is 2.61. The summed E-state index contributed by atoms with van der Waals surface area (Å²) in [5.74, 6) is -0.591. The second kappa shape index (κ2) is 8.84. The van der Waals surface area contributed by atoms with Crippen LogP contribution in [0.3, 0.4) is 0 Å². The molecule has 1 atom stereocenters. The monoisotopic (exact) mass is 360 g/mol. The van der Waals surface area contributed by atoms with E-state index in [2.05, 4.69) is 21.3 Å². The van der Waals surface area contributed by atoms with Crippen LogP contribution in [0.4, 0.5) is 16.2 Å². The normalized spacial score (nSPS) is 11.3. The first-order chi connectivity index (χ1) is 12.0. The Bertz CT molecular complexity index is 729. The van der Waals surface area contributed by atoms with E-state index in [4.69, 9.17) is 0 Å². The molecule has 132 valence electrons. The quantitative estimate of drug-likeness (QED) is 0.636. The highest BCUT2D eigenvalue weighted by molar-refractivity contribution is 7.12. The maximum Gasteiger partial charge on any atom is 0.321 e. The van der Waals surface area contributed by atoms with Crippen molar-refractivity contribution in [2.75, 3.05) is 17.2 Å². The van der Waals surface area contributed by atoms with Gasteiger partial charge in [0, 0.05) is 17.9 Å². The summed E-state index contributed by atoms with van der Waals surface area (Å²) >= 11 is 1.37. The van der Waals surface area contributed by atoms with Crippen molar-refractivity contribution in [3.8, 4) is 0 Å². The molecule has 0 aliphatic rings. The first kappa shape index (κ1) is 18.5. The molecule has 0 aliphatic heterocycles. The van der Waals surface area contributed by atoms with Gasteiger partial charge in [0.15, 0.2) is 0 Å². The number of carbonyl (C=O) groups excluding carboxylic acids is 3. The average Bonchev–Trinajstić information content (AvgIpc) is 3.11. The lowest BCUT2D eigenvalue weighted by molar-refractivity contribution is -0.120. The van der Waals surface area contributed by atoms with Gasteiger partial charge in [0.2, 0.25) is 5.91 Å². The molecule has 2 aromatic rings. The minimum Gasteiger partial charge on any atom is -0.374 e. The molecule has 0 spiro atoms. The topological polar surface area (TPSA) is 99.3 Å². The molecule has 7 nitrogen and oxygen atoms in total. The highest BCUT2D eigenvalue weighted by atomic mass is 32.1. The fourth-order valence-electron chi connectivity index (χ4n) is 1.99. The molecule has 1 aromatic heterocycles. The maximum atomic E-state index is 12.0. The van der Waals surface area contributed by atoms with Crippen molar-refractivity contribution < 1.29 is 14.4 Å². The van der Waals surface area contributed by atoms with Crippen LogP contribution in [0.2, 0.25) is 0 Å². The number of hydrogen-bond acceptors (Lipinski definition) is 5. The SMILES string of the molecule is CCNC(=O)NC(=O)[C@@H](C)Nc1ccc(NC(=O)c2cccs2)cc1. The Balaban J connectivity index is 1.88. The van der Waals surface area contributed by atoms with Gasteiger partial charge < -0.3 is 16.0 Å². The van der Waals surface area contributed by atoms with Gasteiger partial charge in [-0.05, 0) is 49.6 Å². The Morgan fingerprint density at radius 3 is 2.36 bits per heavy atom. The van der Waals surface area contributed by atoms with Crippen LogP contribution in [0.25, 0.3) is 0 Å². The zero-order valence-corrected chi connectivity index (χ0v) is 14.8. The van der Waals surface area contributed by atoms with Crippen molar-refractivity contribution in [1.82, 2.24) is 10.6 Å². The zero-order valence-electron chi connectivity index (χ0n) is 14.0. The van der Waals surface area contributed by atoms with Gasteiger partial charge in [0.25, 0.3) is 5.91 Å². The number of rotatable bonds is 6. The molecule has 2 rings (SSSR count). The van der Waals surface area contributed by atoms with Gasteiger partial charge in [-0.25, -0.2) is 4.79 Å². The molecule has 0 radical (unpaired) electrons. The Hall–Kier alpha value is -2.87. The van der Waals surface area contributed by atoms with Crippen LogP contribution in [0.5, 0.6) is 0 Å². The molecule has 25 heavy (non-hydrogen) atoms. The molecule has 8 heteroatoms. The van der Waals surface area contributed by atoms with Gasteiger partial charge in [-0.15, -0.1) is 11.3 Å². The number of hydrogen-bond donors (Lipinski definition) is 4. The number of nitrogens with one attached hydrogen (secondary N) is 4. The van der Waals surface area contributed by atoms with Crippen molar-refractivity contribution in [1.29, 1.82) is 0 Å². The average molecular weight is 360 g/mol. The van der Waals surface area contributed by atoms with Gasteiger partial charge >= 0.3 is 6.03 Å². The second-order valence-electron chi connectivity index (χ2n) is 5.22. The van der Waals surface area contributed by atoms with Crippen molar-refractivity contribution in [3.63, 3.8) is 0 Å². The van der Waals surface area contributed by atoms with Crippen molar-refractivity contribution in [2.24, 2.45) is 0 Å². The van der Waals surface area contributed by atoms with Crippen LogP contribution < -0.4 is 21.3 Å². The standard InChI is InChI=1S/C17H20N4O3S/c1-3-18-17(24)21-15(22)11(2)19-12-6-8-13(9-7-12)20-16(23)14-5-4-10-25-14/h4-11,19H,3H2,1-2H3,(H,20,23)(H2,18,21,22,24)/t11-/m1/s1. The van der Waals surface area contributed by atoms with Crippen LogP contribution in [0, 0.1) is 0 Å². The third-order valence-electron chi connectivity index (χ3n) is 3.24. The van der Waals surface area contributed by atoms with E-state index in [1.54, 1.807) is 44.2 Å². The maximum absolute atomic E-state index is 12.0. The lowest BCUT2D eigenvalue weighted by Gasteiger charge is -2.15. The zero-order chi connectivity index (χ0) is 18.2. The smallest absolute Gasteiger partial charge is 0.321 e. The minimum absolute atomic E-state index is 0.162. The van der Waals surface area contributed by atoms with Crippen molar-refractivity contribution in [3.05, 3.63) is 46.7 Å². The molecule has 0 bridgehead atoms. The Kier molecular flexibility index (Phi) is 6.53. The molecular formula is C17H20N4O3S. The molecule has 1 heterocycles. The Morgan fingerprint density at radius 1 is 1.08 bits per heavy atom. The summed E-state index contributed by atoms with van der Waals surface area (Å²) in [6, 6.07) is 9.44. The third kappa shape index (κ3) is 5.61. The van der Waals surface area contributed by atoms with E-state index in [0.29, 0.717) is 22.8 Å². The fraction of sp³-hybridized carbons (Fsp3) is 0.235. The van der Waals surface area contributed by atoms with Crippen LogP contribution in [-0.2, 0) is 4.79 Å². The van der Waals surface area contributed by atoms with E-state index < -0.39 is 18.0 Å². The van der Waals surface area contributed by atoms with E-state index in [0.717, 1.165) is 0 Å². The van der Waals surface area contributed by atoms with E-state index >= 15 is 0 Å². The first-order valence-electron chi connectivity index (χ1n) is 7.79. The molecule has 0 saturated carbocycles. The van der Waals surface area contributed by atoms with Crippen LogP contribution in [-0.4, -0.2) is 30.4 Å². The summed E-state index contributed by atoms with van der Waals surface area (Å²) in [5, 5.41) is 12.4. The van der Waals surface area contributed by atoms with Crippen molar-refractivity contribution in [2.45, 2.75) is 19.9 Å². The second-order valence-corrected chi connectivity index (χ2v) is 6.17. The number of benzene rings is 1. The van der Waals surface area contributed by atoms with E-state index in [-0.39, 0.29) is 5.91 Å². The van der Waals surface area contributed by atoms with Gasteiger partial charge in [-0.2, -0.15) is 0 Å². The summed E-state index contributed by atoms with van der Waals surface area (Å²) in [6.07, 6.45) is 0. The van der Waals surface area contributed by atoms with Gasteiger partial charge in [0.05, 0.1) is 4.88 Å². The van der Waals surface area contributed by atoms with Crippen LogP contribution in [0.1, 0.15) is 23.5 Å². The highest BCUT2D eigenvalue weighted by Gasteiger charge is 2.15. The summed E-state index contributed by atoms with van der Waals surface area (Å²) in [7, 11) is 0. The minimum atomic E-state index is -0.589. The predicted molar refractivity (Wildman–Crippen MR) is 99.0 cm³/mol. The number of anilines is 2. The summed E-state index contributed by atoms with van der Waals surface area (Å²) in [6.45, 7) is 3.87. The van der Waals surface area contributed by atoms with Crippen LogP contribution in [0.15, 0.2) is 41.8 Å².